The van der Waals surface area contributed by atoms with Crippen molar-refractivity contribution in [3.63, 3.8) is 0 Å². The second-order valence-electron chi connectivity index (χ2n) is 5.96. The lowest BCUT2D eigenvalue weighted by Crippen LogP contribution is -2.35. The predicted molar refractivity (Wildman–Crippen MR) is 120 cm³/mol. The van der Waals surface area contributed by atoms with E-state index in [0.29, 0.717) is 24.3 Å². The lowest BCUT2D eigenvalue weighted by molar-refractivity contribution is -0.139. The molecule has 0 radical (unpaired) electrons. The summed E-state index contributed by atoms with van der Waals surface area (Å²) in [6, 6.07) is 5.73. The van der Waals surface area contributed by atoms with Gasteiger partial charge in [-0.1, -0.05) is 23.2 Å². The number of nitrogens with zero attached hydrogens (tertiary/aromatic N) is 2. The van der Waals surface area contributed by atoms with Gasteiger partial charge in [-0.3, -0.25) is 9.59 Å². The molecule has 32 heavy (non-hydrogen) atoms. The van der Waals surface area contributed by atoms with Crippen LogP contribution in [0.2, 0.25) is 10.0 Å². The molecule has 2 rings (SSSR count). The van der Waals surface area contributed by atoms with E-state index in [4.69, 9.17) is 32.7 Å². The molecule has 0 fully saturated rings. The first kappa shape index (κ1) is 24.8. The zero-order chi connectivity index (χ0) is 23.7. The molecule has 170 valence electrons. The highest BCUT2D eigenvalue weighted by atomic mass is 35.5. The molecule has 0 spiro atoms. The summed E-state index contributed by atoms with van der Waals surface area (Å²) in [5.74, 6) is -2.27. The average molecular weight is 483 g/mol. The van der Waals surface area contributed by atoms with Crippen LogP contribution in [0, 0.1) is 0 Å². The van der Waals surface area contributed by atoms with E-state index in [2.05, 4.69) is 10.2 Å². The summed E-state index contributed by atoms with van der Waals surface area (Å²) in [5.41, 5.74) is 4.90. The minimum Gasteiger partial charge on any atom is -0.503 e. The fourth-order valence-corrected chi connectivity index (χ4v) is 2.74. The Kier molecular flexibility index (Phi) is 9.11. The fourth-order valence-electron chi connectivity index (χ4n) is 2.30. The van der Waals surface area contributed by atoms with E-state index in [1.165, 1.54) is 36.7 Å². The van der Waals surface area contributed by atoms with Crippen LogP contribution in [0.4, 0.5) is 0 Å². The molecule has 0 aliphatic heterocycles. The number of phenolic OH excluding ortho intramolecular Hbond substituents is 2. The Labute approximate surface area is 193 Å². The number of hydrogen-bond acceptors (Lipinski definition) is 8. The molecule has 2 aromatic carbocycles. The Balaban J connectivity index is 1.96. The molecule has 0 aromatic heterocycles. The number of rotatable bonds is 8. The van der Waals surface area contributed by atoms with E-state index in [9.17, 15) is 19.8 Å². The Morgan fingerprint density at radius 3 is 1.56 bits per heavy atom. The van der Waals surface area contributed by atoms with Gasteiger partial charge in [-0.15, -0.1) is 0 Å². The summed E-state index contributed by atoms with van der Waals surface area (Å²) in [7, 11) is 0. The molecule has 0 atom stereocenters. The first-order valence-electron chi connectivity index (χ1n) is 9.23. The molecule has 12 heteroatoms. The highest BCUT2D eigenvalue weighted by Crippen LogP contribution is 2.35. The molecule has 2 amide bonds. The zero-order valence-corrected chi connectivity index (χ0v) is 18.6. The van der Waals surface area contributed by atoms with Gasteiger partial charge in [-0.2, -0.15) is 10.2 Å². The molecule has 0 aliphatic rings. The number of carbonyl (C=O) groups excluding carboxylic acids is 2. The van der Waals surface area contributed by atoms with E-state index in [1.54, 1.807) is 13.8 Å². The summed E-state index contributed by atoms with van der Waals surface area (Å²) < 4.78 is 10.5. The van der Waals surface area contributed by atoms with Gasteiger partial charge in [0.2, 0.25) is 0 Å². The van der Waals surface area contributed by atoms with Crippen LogP contribution in [0.3, 0.4) is 0 Å². The molecule has 0 heterocycles. The lowest BCUT2D eigenvalue weighted by Gasteiger charge is -2.08. The summed E-state index contributed by atoms with van der Waals surface area (Å²) in [6.45, 7) is 4.10. The predicted octanol–water partition coefficient (Wildman–Crippen LogP) is 2.80. The summed E-state index contributed by atoms with van der Waals surface area (Å²) in [5, 5.41) is 27.0. The van der Waals surface area contributed by atoms with E-state index in [-0.39, 0.29) is 33.0 Å². The highest BCUT2D eigenvalue weighted by molar-refractivity contribution is 6.35. The average Bonchev–Trinajstić information content (AvgIpc) is 2.75. The standard InChI is InChI=1S/C20H20Cl2N4O6/c1-3-31-15-7-11(5-13(21)17(15)27)9-23-25-19(29)20(30)26-24-10-12-6-14(22)18(28)16(8-12)32-4-2/h5-10,27-28H,3-4H2,1-2H3,(H,25,29)(H,26,30)/b23-9+,24-10?. The quantitative estimate of drug-likeness (QED) is 0.259. The molecule has 0 bridgehead atoms. The summed E-state index contributed by atoms with van der Waals surface area (Å²) >= 11 is 11.8. The van der Waals surface area contributed by atoms with Gasteiger partial charge in [0.05, 0.1) is 35.7 Å². The Morgan fingerprint density at radius 2 is 1.22 bits per heavy atom. The van der Waals surface area contributed by atoms with Gasteiger partial charge >= 0.3 is 11.8 Å². The third-order valence-corrected chi connectivity index (χ3v) is 4.24. The zero-order valence-electron chi connectivity index (χ0n) is 17.1. The van der Waals surface area contributed by atoms with E-state index in [1.807, 2.05) is 10.9 Å². The number of halogens is 2. The van der Waals surface area contributed by atoms with Crippen molar-refractivity contribution in [1.82, 2.24) is 10.9 Å². The van der Waals surface area contributed by atoms with Gasteiger partial charge in [0.1, 0.15) is 0 Å². The molecule has 4 N–H and O–H groups in total. The maximum atomic E-state index is 11.8. The normalized spacial score (nSPS) is 11.0. The van der Waals surface area contributed by atoms with Crippen molar-refractivity contribution >= 4 is 47.4 Å². The molecule has 0 unspecified atom stereocenters. The smallest absolute Gasteiger partial charge is 0.331 e. The number of benzene rings is 2. The van der Waals surface area contributed by atoms with Crippen LogP contribution in [-0.4, -0.2) is 47.7 Å². The molecule has 2 aromatic rings. The SMILES string of the molecule is CCOc1cc(C=NNC(=O)C(=O)N/N=C/c2cc(Cl)c(O)c(OCC)c2)cc(Cl)c1O. The van der Waals surface area contributed by atoms with Crippen LogP contribution >= 0.6 is 23.2 Å². The van der Waals surface area contributed by atoms with Crippen LogP contribution in [-0.2, 0) is 9.59 Å². The van der Waals surface area contributed by atoms with Crippen molar-refractivity contribution in [2.24, 2.45) is 10.2 Å². The van der Waals surface area contributed by atoms with Crippen molar-refractivity contribution in [3.8, 4) is 23.0 Å². The maximum absolute atomic E-state index is 11.8. The van der Waals surface area contributed by atoms with Gasteiger partial charge in [0.25, 0.3) is 0 Å². The number of hydrogen-bond donors (Lipinski definition) is 4. The molecular weight excluding hydrogens is 463 g/mol. The number of amides is 2. The van der Waals surface area contributed by atoms with Gasteiger partial charge in [0.15, 0.2) is 23.0 Å². The Hall–Kier alpha value is -3.50. The second kappa shape index (κ2) is 11.8. The van der Waals surface area contributed by atoms with Crippen LogP contribution < -0.4 is 20.3 Å². The van der Waals surface area contributed by atoms with Crippen LogP contribution in [0.5, 0.6) is 23.0 Å². The highest BCUT2D eigenvalue weighted by Gasteiger charge is 2.13. The second-order valence-corrected chi connectivity index (χ2v) is 6.78. The van der Waals surface area contributed by atoms with Gasteiger partial charge in [-0.25, -0.2) is 10.9 Å². The molecule has 0 aliphatic carbocycles. The van der Waals surface area contributed by atoms with E-state index in [0.717, 1.165) is 0 Å². The number of aromatic hydroxyl groups is 2. The molecule has 0 saturated carbocycles. The third kappa shape index (κ3) is 6.76. The summed E-state index contributed by atoms with van der Waals surface area (Å²) in [4.78, 5) is 23.7. The van der Waals surface area contributed by atoms with E-state index >= 15 is 0 Å². The molecule has 0 saturated heterocycles. The number of nitrogens with one attached hydrogen (secondary N) is 2. The number of carbonyl (C=O) groups is 2. The first-order chi connectivity index (χ1) is 15.3. The fraction of sp³-hybridized carbons (Fsp3) is 0.200. The minimum absolute atomic E-state index is 0.0395. The minimum atomic E-state index is -1.08. The van der Waals surface area contributed by atoms with Crippen molar-refractivity contribution in [2.75, 3.05) is 13.2 Å². The maximum Gasteiger partial charge on any atom is 0.331 e. The van der Waals surface area contributed by atoms with Crippen LogP contribution in [0.25, 0.3) is 0 Å². The topological polar surface area (TPSA) is 142 Å². The monoisotopic (exact) mass is 482 g/mol. The van der Waals surface area contributed by atoms with Crippen LogP contribution in [0.1, 0.15) is 25.0 Å². The number of ether oxygens (including phenoxy) is 2. The summed E-state index contributed by atoms with van der Waals surface area (Å²) in [6.07, 6.45) is 2.44. The van der Waals surface area contributed by atoms with Crippen molar-refractivity contribution in [2.45, 2.75) is 13.8 Å². The van der Waals surface area contributed by atoms with Crippen molar-refractivity contribution in [3.05, 3.63) is 45.4 Å². The van der Waals surface area contributed by atoms with Crippen LogP contribution in [0.15, 0.2) is 34.5 Å². The van der Waals surface area contributed by atoms with Gasteiger partial charge in [0, 0.05) is 0 Å². The Morgan fingerprint density at radius 1 is 0.844 bits per heavy atom. The molecule has 10 nitrogen and oxygen atoms in total. The number of hydrazone groups is 2. The lowest BCUT2D eigenvalue weighted by atomic mass is 10.2. The molecular formula is C20H20Cl2N4O6. The Bertz CT molecular complexity index is 975. The van der Waals surface area contributed by atoms with Gasteiger partial charge in [-0.05, 0) is 49.2 Å². The largest absolute Gasteiger partial charge is 0.503 e. The van der Waals surface area contributed by atoms with Crippen molar-refractivity contribution in [1.29, 1.82) is 0 Å². The van der Waals surface area contributed by atoms with Gasteiger partial charge < -0.3 is 19.7 Å². The van der Waals surface area contributed by atoms with Crippen molar-refractivity contribution < 1.29 is 29.3 Å². The first-order valence-corrected chi connectivity index (χ1v) is 9.99. The van der Waals surface area contributed by atoms with E-state index < -0.39 is 11.8 Å². The number of phenols is 2. The third-order valence-electron chi connectivity index (χ3n) is 3.67.